The minimum Gasteiger partial charge on any atom is -0.381 e. The lowest BCUT2D eigenvalue weighted by Gasteiger charge is -2.31. The zero-order chi connectivity index (χ0) is 10.6. The molecular formula is C12H14O2S. The molecule has 0 spiro atoms. The number of hydrogen-bond acceptors (Lipinski definition) is 3. The summed E-state index contributed by atoms with van der Waals surface area (Å²) >= 11 is 1.66. The second-order valence-electron chi connectivity index (χ2n) is 3.71. The number of benzene rings is 1. The summed E-state index contributed by atoms with van der Waals surface area (Å²) in [7, 11) is 0. The largest absolute Gasteiger partial charge is 0.381 e. The Kier molecular flexibility index (Phi) is 3.44. The lowest BCUT2D eigenvalue weighted by atomic mass is 10.0. The number of aldehydes is 1. The molecule has 0 N–H and O–H groups in total. The van der Waals surface area contributed by atoms with Crippen molar-refractivity contribution in [3.05, 3.63) is 30.3 Å². The van der Waals surface area contributed by atoms with Gasteiger partial charge < -0.3 is 9.53 Å². The number of rotatable bonds is 3. The Balaban J connectivity index is 2.10. The van der Waals surface area contributed by atoms with Crippen LogP contribution in [-0.2, 0) is 9.53 Å². The fourth-order valence-corrected chi connectivity index (χ4v) is 2.87. The van der Waals surface area contributed by atoms with E-state index < -0.39 is 0 Å². The third-order valence-electron chi connectivity index (χ3n) is 2.62. The van der Waals surface area contributed by atoms with Crippen LogP contribution in [-0.4, -0.2) is 24.2 Å². The molecule has 1 aromatic rings. The Morgan fingerprint density at radius 3 is 2.47 bits per heavy atom. The summed E-state index contributed by atoms with van der Waals surface area (Å²) in [4.78, 5) is 12.4. The quantitative estimate of drug-likeness (QED) is 0.735. The summed E-state index contributed by atoms with van der Waals surface area (Å²) in [6.07, 6.45) is 2.72. The molecule has 3 heteroatoms. The SMILES string of the molecule is O=CC1(Sc2ccccc2)CCOCC1. The van der Waals surface area contributed by atoms with Crippen molar-refractivity contribution in [1.82, 2.24) is 0 Å². The van der Waals surface area contributed by atoms with E-state index in [1.807, 2.05) is 30.3 Å². The number of carbonyl (C=O) groups excluding carboxylic acids is 1. The third-order valence-corrected chi connectivity index (χ3v) is 4.04. The molecule has 1 saturated heterocycles. The molecule has 0 atom stereocenters. The molecule has 2 rings (SSSR count). The van der Waals surface area contributed by atoms with E-state index in [1.54, 1.807) is 11.8 Å². The molecule has 2 nitrogen and oxygen atoms in total. The zero-order valence-corrected chi connectivity index (χ0v) is 9.33. The number of hydrogen-bond donors (Lipinski definition) is 0. The zero-order valence-electron chi connectivity index (χ0n) is 8.52. The van der Waals surface area contributed by atoms with Crippen molar-refractivity contribution < 1.29 is 9.53 Å². The second kappa shape index (κ2) is 4.81. The highest BCUT2D eigenvalue weighted by Crippen LogP contribution is 2.38. The Morgan fingerprint density at radius 1 is 1.20 bits per heavy atom. The van der Waals surface area contributed by atoms with E-state index >= 15 is 0 Å². The van der Waals surface area contributed by atoms with Gasteiger partial charge >= 0.3 is 0 Å². The maximum atomic E-state index is 11.2. The van der Waals surface area contributed by atoms with Crippen LogP contribution in [0.3, 0.4) is 0 Å². The van der Waals surface area contributed by atoms with E-state index in [1.165, 1.54) is 0 Å². The Hall–Kier alpha value is -0.800. The van der Waals surface area contributed by atoms with Crippen LogP contribution in [0.1, 0.15) is 12.8 Å². The van der Waals surface area contributed by atoms with E-state index in [4.69, 9.17) is 4.74 Å². The van der Waals surface area contributed by atoms with Crippen LogP contribution in [0.4, 0.5) is 0 Å². The molecule has 15 heavy (non-hydrogen) atoms. The first kappa shape index (κ1) is 10.7. The normalized spacial score (nSPS) is 19.7. The van der Waals surface area contributed by atoms with Gasteiger partial charge in [-0.25, -0.2) is 0 Å². The molecule has 0 bridgehead atoms. The summed E-state index contributed by atoms with van der Waals surface area (Å²) in [5, 5.41) is 0. The molecule has 1 aliphatic rings. The predicted molar refractivity (Wildman–Crippen MR) is 61.1 cm³/mol. The number of carbonyl (C=O) groups is 1. The Bertz CT molecular complexity index is 318. The second-order valence-corrected chi connectivity index (χ2v) is 5.20. The van der Waals surface area contributed by atoms with Gasteiger partial charge in [0.2, 0.25) is 0 Å². The molecule has 1 fully saturated rings. The highest BCUT2D eigenvalue weighted by atomic mass is 32.2. The van der Waals surface area contributed by atoms with Crippen molar-refractivity contribution >= 4 is 18.0 Å². The van der Waals surface area contributed by atoms with Gasteiger partial charge in [0.1, 0.15) is 6.29 Å². The van der Waals surface area contributed by atoms with E-state index in [2.05, 4.69) is 0 Å². The van der Waals surface area contributed by atoms with E-state index in [0.717, 1.165) is 24.0 Å². The summed E-state index contributed by atoms with van der Waals surface area (Å²) in [5.41, 5.74) is 0. The average Bonchev–Trinajstić information content (AvgIpc) is 2.32. The fraction of sp³-hybridized carbons (Fsp3) is 0.417. The van der Waals surface area contributed by atoms with Gasteiger partial charge in [-0.1, -0.05) is 18.2 Å². The summed E-state index contributed by atoms with van der Waals surface area (Å²) < 4.78 is 5.03. The van der Waals surface area contributed by atoms with Crippen molar-refractivity contribution in [2.45, 2.75) is 22.5 Å². The van der Waals surface area contributed by atoms with E-state index in [9.17, 15) is 4.79 Å². The van der Waals surface area contributed by atoms with Gasteiger partial charge in [-0.15, -0.1) is 11.8 Å². The lowest BCUT2D eigenvalue weighted by molar-refractivity contribution is -0.111. The van der Waals surface area contributed by atoms with Gasteiger partial charge in [0.05, 0.1) is 4.75 Å². The van der Waals surface area contributed by atoms with Crippen LogP contribution >= 0.6 is 11.8 Å². The van der Waals surface area contributed by atoms with Crippen molar-refractivity contribution in [2.75, 3.05) is 13.2 Å². The molecule has 0 amide bonds. The topological polar surface area (TPSA) is 26.3 Å². The number of ether oxygens (including phenoxy) is 1. The van der Waals surface area contributed by atoms with E-state index in [0.29, 0.717) is 13.2 Å². The van der Waals surface area contributed by atoms with E-state index in [-0.39, 0.29) is 4.75 Å². The first-order valence-electron chi connectivity index (χ1n) is 5.13. The molecule has 1 aliphatic heterocycles. The van der Waals surface area contributed by atoms with Crippen molar-refractivity contribution in [1.29, 1.82) is 0 Å². The average molecular weight is 222 g/mol. The molecule has 0 unspecified atom stereocenters. The van der Waals surface area contributed by atoms with Crippen LogP contribution in [0.15, 0.2) is 35.2 Å². The predicted octanol–water partition coefficient (Wildman–Crippen LogP) is 2.53. The monoisotopic (exact) mass is 222 g/mol. The molecule has 0 radical (unpaired) electrons. The van der Waals surface area contributed by atoms with Crippen molar-refractivity contribution in [3.8, 4) is 0 Å². The molecule has 1 aromatic carbocycles. The Labute approximate surface area is 94.0 Å². The summed E-state index contributed by atoms with van der Waals surface area (Å²) in [5.74, 6) is 0. The van der Waals surface area contributed by atoms with Gasteiger partial charge in [0, 0.05) is 18.1 Å². The highest BCUT2D eigenvalue weighted by molar-refractivity contribution is 8.01. The van der Waals surface area contributed by atoms with Crippen molar-refractivity contribution in [2.24, 2.45) is 0 Å². The lowest BCUT2D eigenvalue weighted by Crippen LogP contribution is -2.34. The van der Waals surface area contributed by atoms with Gasteiger partial charge in [0.25, 0.3) is 0 Å². The first-order valence-corrected chi connectivity index (χ1v) is 5.94. The molecule has 1 heterocycles. The van der Waals surface area contributed by atoms with Gasteiger partial charge in [-0.2, -0.15) is 0 Å². The summed E-state index contributed by atoms with van der Waals surface area (Å²) in [6.45, 7) is 1.39. The first-order chi connectivity index (χ1) is 7.35. The van der Waals surface area contributed by atoms with Crippen LogP contribution in [0.5, 0.6) is 0 Å². The molecule has 0 saturated carbocycles. The minimum atomic E-state index is -0.264. The van der Waals surface area contributed by atoms with Gasteiger partial charge in [-0.05, 0) is 25.0 Å². The van der Waals surface area contributed by atoms with Gasteiger partial charge in [-0.3, -0.25) is 0 Å². The standard InChI is InChI=1S/C12H14O2S/c13-10-12(6-8-14-9-7-12)15-11-4-2-1-3-5-11/h1-5,10H,6-9H2. The highest BCUT2D eigenvalue weighted by Gasteiger charge is 2.33. The smallest absolute Gasteiger partial charge is 0.136 e. The Morgan fingerprint density at radius 2 is 1.87 bits per heavy atom. The third kappa shape index (κ3) is 2.61. The van der Waals surface area contributed by atoms with Crippen LogP contribution in [0.2, 0.25) is 0 Å². The molecule has 0 aromatic heterocycles. The molecular weight excluding hydrogens is 208 g/mol. The molecule has 0 aliphatic carbocycles. The summed E-state index contributed by atoms with van der Waals surface area (Å²) in [6, 6.07) is 10.1. The maximum Gasteiger partial charge on any atom is 0.136 e. The van der Waals surface area contributed by atoms with Crippen LogP contribution in [0.25, 0.3) is 0 Å². The maximum absolute atomic E-state index is 11.2. The minimum absolute atomic E-state index is 0.264. The number of thioether (sulfide) groups is 1. The van der Waals surface area contributed by atoms with Gasteiger partial charge in [0.15, 0.2) is 0 Å². The fourth-order valence-electron chi connectivity index (χ4n) is 1.68. The van der Waals surface area contributed by atoms with Crippen molar-refractivity contribution in [3.63, 3.8) is 0 Å². The van der Waals surface area contributed by atoms with Crippen LogP contribution in [0, 0.1) is 0 Å². The molecule has 80 valence electrons. The van der Waals surface area contributed by atoms with Crippen LogP contribution < -0.4 is 0 Å².